The lowest BCUT2D eigenvalue weighted by Crippen LogP contribution is -2.45. The highest BCUT2D eigenvalue weighted by Crippen LogP contribution is 2.24. The molecule has 0 spiro atoms. The maximum atomic E-state index is 5.25. The Morgan fingerprint density at radius 2 is 2.25 bits per heavy atom. The number of aliphatic imine (C=N–C) groups is 1. The van der Waals surface area contributed by atoms with Gasteiger partial charge in [0.25, 0.3) is 0 Å². The lowest BCUT2D eigenvalue weighted by molar-refractivity contribution is 0.565. The van der Waals surface area contributed by atoms with Gasteiger partial charge in [0.15, 0.2) is 0 Å². The minimum absolute atomic E-state index is 0.551. The van der Waals surface area contributed by atoms with Crippen molar-refractivity contribution in [1.29, 1.82) is 0 Å². The molecule has 0 amide bonds. The maximum absolute atomic E-state index is 5.25. The Kier molecular flexibility index (Phi) is 3.34. The fourth-order valence-electron chi connectivity index (χ4n) is 1.70. The van der Waals surface area contributed by atoms with Gasteiger partial charge >= 0.3 is 0 Å². The molecule has 0 aromatic carbocycles. The molecule has 4 heteroatoms. The van der Waals surface area contributed by atoms with Gasteiger partial charge in [0, 0.05) is 13.1 Å². The Labute approximate surface area is 73.6 Å². The summed E-state index contributed by atoms with van der Waals surface area (Å²) in [5, 5.41) is 3.26. The molecule has 1 saturated carbocycles. The molecule has 0 radical (unpaired) electrons. The zero-order valence-electron chi connectivity index (χ0n) is 7.80. The number of hydrogen-bond donors (Lipinski definition) is 3. The molecule has 1 fully saturated rings. The van der Waals surface area contributed by atoms with Gasteiger partial charge in [0.1, 0.15) is 0 Å². The Hall–Kier alpha value is -0.770. The van der Waals surface area contributed by atoms with E-state index in [-0.39, 0.29) is 0 Å². The Bertz CT molecular complexity index is 166. The molecule has 1 aliphatic carbocycles. The Morgan fingerprint density at radius 3 is 2.67 bits per heavy atom. The number of guanidine groups is 1. The summed E-state index contributed by atoms with van der Waals surface area (Å²) in [6, 6.07) is 0.551. The first-order chi connectivity index (χ1) is 5.76. The molecule has 0 aliphatic heterocycles. The summed E-state index contributed by atoms with van der Waals surface area (Å²) in [7, 11) is 1.72. The molecule has 0 aromatic rings. The van der Waals surface area contributed by atoms with Gasteiger partial charge in [-0.15, -0.1) is 0 Å². The lowest BCUT2D eigenvalue weighted by Gasteiger charge is -2.14. The molecule has 1 rings (SSSR count). The molecule has 0 bridgehead atoms. The topological polar surface area (TPSA) is 62.4 Å². The van der Waals surface area contributed by atoms with Crippen molar-refractivity contribution in [2.75, 3.05) is 7.05 Å². The minimum atomic E-state index is 0.551. The molecule has 4 nitrogen and oxygen atoms in total. The summed E-state index contributed by atoms with van der Waals surface area (Å²) in [6.07, 6.45) is 3.75. The van der Waals surface area contributed by atoms with Crippen molar-refractivity contribution in [3.05, 3.63) is 0 Å². The van der Waals surface area contributed by atoms with E-state index in [1.807, 2.05) is 0 Å². The average Bonchev–Trinajstić information content (AvgIpc) is 2.47. The smallest absolute Gasteiger partial charge is 0.205 e. The molecule has 1 aliphatic rings. The number of hydrazine groups is 1. The van der Waals surface area contributed by atoms with Gasteiger partial charge in [0.2, 0.25) is 5.96 Å². The summed E-state index contributed by atoms with van der Waals surface area (Å²) < 4.78 is 0. The molecule has 70 valence electrons. The molecule has 0 saturated heterocycles. The number of nitrogens with two attached hydrogens (primary N) is 1. The van der Waals surface area contributed by atoms with Crippen LogP contribution in [0, 0.1) is 5.92 Å². The second-order valence-corrected chi connectivity index (χ2v) is 3.48. The highest BCUT2D eigenvalue weighted by molar-refractivity contribution is 5.79. The van der Waals surface area contributed by atoms with Gasteiger partial charge in [0.05, 0.1) is 0 Å². The van der Waals surface area contributed by atoms with Crippen molar-refractivity contribution in [2.45, 2.75) is 32.2 Å². The zero-order valence-corrected chi connectivity index (χ0v) is 7.80. The van der Waals surface area contributed by atoms with Crippen LogP contribution in [-0.4, -0.2) is 19.0 Å². The molecular formula is C8H18N4. The van der Waals surface area contributed by atoms with Crippen LogP contribution < -0.4 is 16.6 Å². The van der Waals surface area contributed by atoms with Gasteiger partial charge in [-0.3, -0.25) is 10.4 Å². The van der Waals surface area contributed by atoms with Gasteiger partial charge in [-0.1, -0.05) is 6.92 Å². The average molecular weight is 170 g/mol. The molecule has 2 atom stereocenters. The number of nitrogens with zero attached hydrogens (tertiary/aromatic N) is 1. The summed E-state index contributed by atoms with van der Waals surface area (Å²) in [5.74, 6) is 6.77. The number of nitrogens with one attached hydrogen (secondary N) is 2. The van der Waals surface area contributed by atoms with E-state index in [0.29, 0.717) is 12.0 Å². The van der Waals surface area contributed by atoms with Crippen molar-refractivity contribution >= 4 is 5.96 Å². The van der Waals surface area contributed by atoms with E-state index in [0.717, 1.165) is 5.92 Å². The highest BCUT2D eigenvalue weighted by Gasteiger charge is 2.21. The van der Waals surface area contributed by atoms with Gasteiger partial charge in [-0.05, 0) is 25.2 Å². The molecule has 12 heavy (non-hydrogen) atoms. The Morgan fingerprint density at radius 1 is 1.50 bits per heavy atom. The predicted molar refractivity (Wildman–Crippen MR) is 50.6 cm³/mol. The monoisotopic (exact) mass is 170 g/mol. The highest BCUT2D eigenvalue weighted by atomic mass is 15.3. The maximum Gasteiger partial charge on any atom is 0.205 e. The van der Waals surface area contributed by atoms with Crippen LogP contribution in [0.15, 0.2) is 4.99 Å². The first kappa shape index (κ1) is 9.32. The molecule has 2 unspecified atom stereocenters. The van der Waals surface area contributed by atoms with Crippen LogP contribution in [0.25, 0.3) is 0 Å². The van der Waals surface area contributed by atoms with Crippen molar-refractivity contribution in [3.8, 4) is 0 Å². The summed E-state index contributed by atoms with van der Waals surface area (Å²) >= 11 is 0. The van der Waals surface area contributed by atoms with Crippen molar-refractivity contribution in [2.24, 2.45) is 16.8 Å². The number of rotatable bonds is 1. The molecular weight excluding hydrogens is 152 g/mol. The van der Waals surface area contributed by atoms with Crippen LogP contribution in [0.4, 0.5) is 0 Å². The van der Waals surface area contributed by atoms with E-state index in [9.17, 15) is 0 Å². The van der Waals surface area contributed by atoms with E-state index in [4.69, 9.17) is 5.84 Å². The largest absolute Gasteiger partial charge is 0.353 e. The summed E-state index contributed by atoms with van der Waals surface area (Å²) in [5.41, 5.74) is 2.53. The Balaban J connectivity index is 2.31. The third kappa shape index (κ3) is 2.37. The molecule has 4 N–H and O–H groups in total. The van der Waals surface area contributed by atoms with Crippen LogP contribution in [0.3, 0.4) is 0 Å². The SMILES string of the molecule is CN=C(NN)NC1CCC(C)C1. The minimum Gasteiger partial charge on any atom is -0.353 e. The summed E-state index contributed by atoms with van der Waals surface area (Å²) in [6.45, 7) is 2.28. The van der Waals surface area contributed by atoms with E-state index >= 15 is 0 Å². The molecule has 0 heterocycles. The first-order valence-corrected chi connectivity index (χ1v) is 4.46. The first-order valence-electron chi connectivity index (χ1n) is 4.46. The van der Waals surface area contributed by atoms with Crippen LogP contribution in [0.2, 0.25) is 0 Å². The van der Waals surface area contributed by atoms with E-state index in [1.165, 1.54) is 19.3 Å². The third-order valence-electron chi connectivity index (χ3n) is 2.40. The quantitative estimate of drug-likeness (QED) is 0.228. The number of hydrogen-bond acceptors (Lipinski definition) is 2. The second kappa shape index (κ2) is 4.30. The van der Waals surface area contributed by atoms with Crippen LogP contribution in [0.1, 0.15) is 26.2 Å². The molecule has 0 aromatic heterocycles. The summed E-state index contributed by atoms with van der Waals surface area (Å²) in [4.78, 5) is 3.96. The fraction of sp³-hybridized carbons (Fsp3) is 0.875. The van der Waals surface area contributed by atoms with Crippen LogP contribution >= 0.6 is 0 Å². The van der Waals surface area contributed by atoms with Crippen molar-refractivity contribution in [3.63, 3.8) is 0 Å². The standard InChI is InChI=1S/C8H18N4/c1-6-3-4-7(5-6)11-8(10-2)12-9/h6-7H,3-5,9H2,1-2H3,(H2,10,11,12). The second-order valence-electron chi connectivity index (χ2n) is 3.48. The van der Waals surface area contributed by atoms with Gasteiger partial charge < -0.3 is 5.32 Å². The normalized spacial score (nSPS) is 30.4. The van der Waals surface area contributed by atoms with Crippen molar-refractivity contribution in [1.82, 2.24) is 10.7 Å². The third-order valence-corrected chi connectivity index (χ3v) is 2.40. The van der Waals surface area contributed by atoms with Crippen LogP contribution in [-0.2, 0) is 0 Å². The fourth-order valence-corrected chi connectivity index (χ4v) is 1.70. The van der Waals surface area contributed by atoms with Crippen LogP contribution in [0.5, 0.6) is 0 Å². The van der Waals surface area contributed by atoms with E-state index < -0.39 is 0 Å². The van der Waals surface area contributed by atoms with Gasteiger partial charge in [-0.25, -0.2) is 5.84 Å². The van der Waals surface area contributed by atoms with Crippen molar-refractivity contribution < 1.29 is 0 Å². The predicted octanol–water partition coefficient (Wildman–Crippen LogP) is 0.214. The van der Waals surface area contributed by atoms with E-state index in [1.54, 1.807) is 7.05 Å². The van der Waals surface area contributed by atoms with E-state index in [2.05, 4.69) is 22.7 Å². The lowest BCUT2D eigenvalue weighted by atomic mass is 10.1. The zero-order chi connectivity index (χ0) is 8.97. The van der Waals surface area contributed by atoms with Gasteiger partial charge in [-0.2, -0.15) is 0 Å².